The molecule has 120 valence electrons. The molecule has 0 amide bonds. The number of ether oxygens (including phenoxy) is 2. The molecule has 1 aromatic rings. The summed E-state index contributed by atoms with van der Waals surface area (Å²) in [5.41, 5.74) is 0.465. The monoisotopic (exact) mass is 324 g/mol. The molecule has 2 bridgehead atoms. The van der Waals surface area contributed by atoms with Crippen molar-refractivity contribution in [2.24, 2.45) is 5.92 Å². The largest absolute Gasteiger partial charge is 0.353 e. The predicted octanol–water partition coefficient (Wildman–Crippen LogP) is 4.17. The molecule has 3 saturated heterocycles. The molecule has 4 nitrogen and oxygen atoms in total. The van der Waals surface area contributed by atoms with Gasteiger partial charge in [0.25, 0.3) is 0 Å². The Kier molecular flexibility index (Phi) is 3.70. The molecule has 1 spiro atoms. The van der Waals surface area contributed by atoms with Crippen LogP contribution in [-0.4, -0.2) is 19.0 Å². The van der Waals surface area contributed by atoms with E-state index in [1.807, 2.05) is 24.3 Å². The molecular formula is C17H21ClO4. The van der Waals surface area contributed by atoms with Gasteiger partial charge in [0, 0.05) is 24.1 Å². The van der Waals surface area contributed by atoms with Crippen LogP contribution < -0.4 is 0 Å². The Labute approximate surface area is 135 Å². The molecule has 0 radical (unpaired) electrons. The number of rotatable bonds is 2. The van der Waals surface area contributed by atoms with E-state index >= 15 is 0 Å². The van der Waals surface area contributed by atoms with Gasteiger partial charge in [-0.2, -0.15) is 4.89 Å². The van der Waals surface area contributed by atoms with Crippen LogP contribution in [0.3, 0.4) is 0 Å². The highest BCUT2D eigenvalue weighted by atomic mass is 35.5. The normalized spacial score (nSPS) is 41.0. The fraction of sp³-hybridized carbons (Fsp3) is 0.647. The Hall–Kier alpha value is -0.650. The standard InChI is InChI=1S/C17H21ClO4/c1-19-15-16-10-3-2-4-12(16)9-11-17(20-15,22-21-16)13-5-7-14(18)8-6-13/h5-8,12,15H,2-4,9-11H2,1H3/t12-,15+,16?,17-/m1/s1. The number of hydrogen-bond donors (Lipinski definition) is 0. The van der Waals surface area contributed by atoms with E-state index in [-0.39, 0.29) is 0 Å². The van der Waals surface area contributed by atoms with Gasteiger partial charge in [0.05, 0.1) is 0 Å². The SMILES string of the molecule is CO[C@H]1O[C@]2(c3ccc(Cl)cc3)CC[C@H]3CCCCC31OO2. The summed E-state index contributed by atoms with van der Waals surface area (Å²) in [6.45, 7) is 0. The van der Waals surface area contributed by atoms with Gasteiger partial charge >= 0.3 is 0 Å². The highest BCUT2D eigenvalue weighted by Gasteiger charge is 2.61. The maximum Gasteiger partial charge on any atom is 0.230 e. The van der Waals surface area contributed by atoms with E-state index in [1.54, 1.807) is 7.11 Å². The zero-order chi connectivity index (χ0) is 15.2. The zero-order valence-electron chi connectivity index (χ0n) is 12.7. The molecule has 5 heteroatoms. The summed E-state index contributed by atoms with van der Waals surface area (Å²) in [4.78, 5) is 11.9. The van der Waals surface area contributed by atoms with Crippen LogP contribution in [0.5, 0.6) is 0 Å². The number of halogens is 1. The van der Waals surface area contributed by atoms with E-state index in [9.17, 15) is 0 Å². The second-order valence-electron chi connectivity index (χ2n) is 6.55. The zero-order valence-corrected chi connectivity index (χ0v) is 13.5. The molecule has 1 saturated carbocycles. The van der Waals surface area contributed by atoms with E-state index in [4.69, 9.17) is 30.8 Å². The van der Waals surface area contributed by atoms with Gasteiger partial charge in [-0.1, -0.05) is 36.6 Å². The number of benzene rings is 1. The third-order valence-electron chi connectivity index (χ3n) is 5.41. The lowest BCUT2D eigenvalue weighted by Gasteiger charge is -2.49. The summed E-state index contributed by atoms with van der Waals surface area (Å²) in [5.74, 6) is -0.476. The Morgan fingerprint density at radius 1 is 1.09 bits per heavy atom. The van der Waals surface area contributed by atoms with Crippen LogP contribution in [-0.2, 0) is 25.0 Å². The molecule has 4 atom stereocenters. The number of fused-ring (bicyclic) bond motifs is 3. The summed E-state index contributed by atoms with van der Waals surface area (Å²) < 4.78 is 12.0. The quantitative estimate of drug-likeness (QED) is 0.765. The minimum Gasteiger partial charge on any atom is -0.353 e. The average molecular weight is 325 g/mol. The number of hydrogen-bond acceptors (Lipinski definition) is 4. The second-order valence-corrected chi connectivity index (χ2v) is 6.98. The third kappa shape index (κ3) is 2.13. The van der Waals surface area contributed by atoms with Crippen LogP contribution in [0.2, 0.25) is 5.02 Å². The third-order valence-corrected chi connectivity index (χ3v) is 5.66. The maximum absolute atomic E-state index is 6.32. The fourth-order valence-corrected chi connectivity index (χ4v) is 4.33. The van der Waals surface area contributed by atoms with Gasteiger partial charge in [-0.15, -0.1) is 0 Å². The van der Waals surface area contributed by atoms with Crippen molar-refractivity contribution in [3.05, 3.63) is 34.9 Å². The van der Waals surface area contributed by atoms with Crippen LogP contribution in [0.4, 0.5) is 0 Å². The minimum atomic E-state index is -0.895. The summed E-state index contributed by atoms with van der Waals surface area (Å²) >= 11 is 6.00. The average Bonchev–Trinajstić information content (AvgIpc) is 2.81. The van der Waals surface area contributed by atoms with E-state index in [0.29, 0.717) is 10.9 Å². The molecule has 0 N–H and O–H groups in total. The fourth-order valence-electron chi connectivity index (χ4n) is 4.20. The first-order valence-electron chi connectivity index (χ1n) is 8.02. The maximum atomic E-state index is 6.32. The van der Waals surface area contributed by atoms with Crippen molar-refractivity contribution in [3.63, 3.8) is 0 Å². The summed E-state index contributed by atoms with van der Waals surface area (Å²) in [6.07, 6.45) is 5.81. The first-order chi connectivity index (χ1) is 10.7. The molecule has 4 fully saturated rings. The Morgan fingerprint density at radius 2 is 1.91 bits per heavy atom. The van der Waals surface area contributed by atoms with Crippen molar-refractivity contribution in [1.82, 2.24) is 0 Å². The molecular weight excluding hydrogens is 304 g/mol. The molecule has 3 aliphatic heterocycles. The van der Waals surface area contributed by atoms with Crippen LogP contribution in [0.25, 0.3) is 0 Å². The molecule has 1 aromatic carbocycles. The van der Waals surface area contributed by atoms with Crippen molar-refractivity contribution in [1.29, 1.82) is 0 Å². The first kappa shape index (κ1) is 14.9. The smallest absolute Gasteiger partial charge is 0.230 e. The van der Waals surface area contributed by atoms with Crippen LogP contribution >= 0.6 is 11.6 Å². The summed E-state index contributed by atoms with van der Waals surface area (Å²) in [6, 6.07) is 7.57. The van der Waals surface area contributed by atoms with Gasteiger partial charge in [0.15, 0.2) is 11.9 Å². The predicted molar refractivity (Wildman–Crippen MR) is 81.1 cm³/mol. The highest BCUT2D eigenvalue weighted by Crippen LogP contribution is 2.55. The van der Waals surface area contributed by atoms with Crippen LogP contribution in [0, 0.1) is 5.92 Å². The lowest BCUT2D eigenvalue weighted by Crippen LogP contribution is -2.59. The first-order valence-corrected chi connectivity index (χ1v) is 8.40. The van der Waals surface area contributed by atoms with Gasteiger partial charge < -0.3 is 9.47 Å². The molecule has 0 aromatic heterocycles. The van der Waals surface area contributed by atoms with Crippen molar-refractivity contribution < 1.29 is 19.2 Å². The van der Waals surface area contributed by atoms with E-state index in [1.165, 1.54) is 6.42 Å². The molecule has 22 heavy (non-hydrogen) atoms. The van der Waals surface area contributed by atoms with Gasteiger partial charge in [-0.05, 0) is 37.3 Å². The van der Waals surface area contributed by atoms with E-state index < -0.39 is 17.7 Å². The molecule has 1 unspecified atom stereocenters. The second kappa shape index (κ2) is 5.46. The highest BCUT2D eigenvalue weighted by molar-refractivity contribution is 6.30. The Balaban J connectivity index is 1.73. The van der Waals surface area contributed by atoms with E-state index in [2.05, 4.69) is 0 Å². The lowest BCUT2D eigenvalue weighted by atomic mass is 9.73. The lowest BCUT2D eigenvalue weighted by molar-refractivity contribution is -0.558. The summed E-state index contributed by atoms with van der Waals surface area (Å²) in [5, 5.41) is 0.693. The van der Waals surface area contributed by atoms with Crippen LogP contribution in [0.15, 0.2) is 24.3 Å². The summed E-state index contributed by atoms with van der Waals surface area (Å²) in [7, 11) is 1.69. The Bertz CT molecular complexity index is 544. The van der Waals surface area contributed by atoms with E-state index in [0.717, 1.165) is 37.7 Å². The molecule has 1 aliphatic carbocycles. The van der Waals surface area contributed by atoms with Gasteiger partial charge in [0.2, 0.25) is 5.79 Å². The molecule has 4 aliphatic rings. The molecule has 5 rings (SSSR count). The molecule has 3 heterocycles. The minimum absolute atomic E-state index is 0.398. The van der Waals surface area contributed by atoms with Gasteiger partial charge in [-0.25, -0.2) is 4.89 Å². The van der Waals surface area contributed by atoms with Gasteiger partial charge in [-0.3, -0.25) is 0 Å². The van der Waals surface area contributed by atoms with Gasteiger partial charge in [0.1, 0.15) is 0 Å². The number of methoxy groups -OCH3 is 1. The van der Waals surface area contributed by atoms with Crippen molar-refractivity contribution >= 4 is 11.6 Å². The van der Waals surface area contributed by atoms with Crippen molar-refractivity contribution in [2.45, 2.75) is 56.2 Å². The topological polar surface area (TPSA) is 36.9 Å². The van der Waals surface area contributed by atoms with Crippen molar-refractivity contribution in [2.75, 3.05) is 7.11 Å². The Morgan fingerprint density at radius 3 is 2.68 bits per heavy atom. The van der Waals surface area contributed by atoms with Crippen LogP contribution in [0.1, 0.15) is 44.1 Å². The van der Waals surface area contributed by atoms with Crippen molar-refractivity contribution in [3.8, 4) is 0 Å².